The number of likely N-dealkylation sites (N-methyl/N-ethyl adjacent to an activating group) is 2. The van der Waals surface area contributed by atoms with Crippen molar-refractivity contribution in [1.29, 1.82) is 0 Å². The highest BCUT2D eigenvalue weighted by atomic mass is 16.4. The lowest BCUT2D eigenvalue weighted by Gasteiger charge is -2.25. The van der Waals surface area contributed by atoms with Gasteiger partial charge in [-0.3, -0.25) is 19.6 Å². The van der Waals surface area contributed by atoms with Gasteiger partial charge in [0.2, 0.25) is 11.8 Å². The lowest BCUT2D eigenvalue weighted by atomic mass is 9.89. The van der Waals surface area contributed by atoms with E-state index in [2.05, 4.69) is 41.1 Å². The highest BCUT2D eigenvalue weighted by Gasteiger charge is 2.28. The van der Waals surface area contributed by atoms with Crippen LogP contribution in [-0.2, 0) is 61.2 Å². The van der Waals surface area contributed by atoms with Crippen molar-refractivity contribution in [3.8, 4) is 23.0 Å². The quantitative estimate of drug-likeness (QED) is 0.0468. The number of fused-ring (bicyclic) bond motifs is 12. The summed E-state index contributed by atoms with van der Waals surface area (Å²) in [7, 11) is 3.96. The van der Waals surface area contributed by atoms with Gasteiger partial charge in [0.05, 0.1) is 58.2 Å². The standard InChI is InChI=1S/C20H25N3O3.C20H24N2O3.C17H19N3O4.C17H18N2O4/c1-13-10-15-14-6-9-22(2)12-17(14)20(25)26-19(15)16(18(13)24)11-21-23-7-4-3-5-8-23;1-13-11-16-14-7-3-4-8-15(14)20(24)25-19(16)17(18(13)23)12-21-22-9-5-2-6-10-22;1-9-6-12-11-4-5-20(3)8-14(11)17(23)24-16(12)13(15(9)22)7-18-19-10(2)21;1-9-7-13-11-5-3-4-6-12(11)17(22)23-16(13)14(15(9)21)8-18-19-10(2)20/h10-11,24H,3-9,12H2,1-2H3;11-12,23H,2-10H2,1H3;6-7,22H,4-5,8H2,1-3H3,(H,19,21);7-8,21H,3-6H2,1-2H3,(H,19,20)/b21-11+;21-12+;18-7+;18-8+. The van der Waals surface area contributed by atoms with Crippen LogP contribution in [0.3, 0.4) is 0 Å². The molecule has 8 aromatic rings. The average Bonchev–Trinajstić information content (AvgIpc) is 0.776. The Morgan fingerprint density at radius 1 is 0.388 bits per heavy atom. The first-order valence-electron chi connectivity index (χ1n) is 33.8. The number of nitrogens with zero attached hydrogens (tertiary/aromatic N) is 8. The normalized spacial score (nSPS) is 16.5. The van der Waals surface area contributed by atoms with E-state index >= 15 is 0 Å². The Morgan fingerprint density at radius 3 is 0.969 bits per heavy atom. The van der Waals surface area contributed by atoms with Crippen LogP contribution >= 0.6 is 0 Å². The predicted octanol–water partition coefficient (Wildman–Crippen LogP) is 9.54. The van der Waals surface area contributed by atoms with E-state index < -0.39 is 5.63 Å². The molecule has 516 valence electrons. The number of rotatable bonds is 8. The van der Waals surface area contributed by atoms with Gasteiger partial charge in [0, 0.05) is 98.9 Å². The number of hydrogen-bond donors (Lipinski definition) is 6. The molecular formula is C74H86N10O14. The largest absolute Gasteiger partial charge is 0.507 e. The van der Waals surface area contributed by atoms with Gasteiger partial charge >= 0.3 is 22.5 Å². The van der Waals surface area contributed by atoms with Crippen LogP contribution in [0.1, 0.15) is 167 Å². The number of amides is 2. The number of aromatic hydroxyl groups is 4. The molecule has 0 bridgehead atoms. The van der Waals surface area contributed by atoms with Crippen LogP contribution in [0.15, 0.2) is 81.5 Å². The van der Waals surface area contributed by atoms with Crippen molar-refractivity contribution in [3.63, 3.8) is 0 Å². The Balaban J connectivity index is 0.000000132. The maximum Gasteiger partial charge on any atom is 0.341 e. The van der Waals surface area contributed by atoms with Gasteiger partial charge in [-0.15, -0.1) is 0 Å². The van der Waals surface area contributed by atoms with Crippen molar-refractivity contribution in [1.82, 2.24) is 30.7 Å². The first-order chi connectivity index (χ1) is 47.1. The summed E-state index contributed by atoms with van der Waals surface area (Å²) >= 11 is 0. The number of nitrogens with one attached hydrogen (secondary N) is 2. The van der Waals surface area contributed by atoms with Crippen molar-refractivity contribution in [2.75, 3.05) is 53.4 Å². The van der Waals surface area contributed by atoms with E-state index in [1.807, 2.05) is 62.2 Å². The number of piperidine rings is 2. The van der Waals surface area contributed by atoms with Crippen molar-refractivity contribution < 1.29 is 47.7 Å². The molecule has 8 heterocycles. The van der Waals surface area contributed by atoms with Crippen LogP contribution in [-0.4, -0.2) is 130 Å². The summed E-state index contributed by atoms with van der Waals surface area (Å²) in [4.78, 5) is 75.7. The van der Waals surface area contributed by atoms with Gasteiger partial charge in [0.15, 0.2) is 22.3 Å². The maximum absolute atomic E-state index is 12.5. The summed E-state index contributed by atoms with van der Waals surface area (Å²) in [6.45, 7) is 16.6. The Bertz CT molecular complexity index is 4820. The van der Waals surface area contributed by atoms with Crippen LogP contribution in [0.25, 0.3) is 43.9 Å². The molecule has 2 fully saturated rings. The van der Waals surface area contributed by atoms with Crippen molar-refractivity contribution in [2.45, 2.75) is 157 Å². The smallest absolute Gasteiger partial charge is 0.341 e. The van der Waals surface area contributed by atoms with E-state index in [1.54, 1.807) is 26.3 Å². The van der Waals surface area contributed by atoms with Crippen molar-refractivity contribution in [3.05, 3.63) is 155 Å². The van der Waals surface area contributed by atoms with Crippen molar-refractivity contribution in [2.24, 2.45) is 20.4 Å². The van der Waals surface area contributed by atoms with Gasteiger partial charge in [-0.2, -0.15) is 20.4 Å². The summed E-state index contributed by atoms with van der Waals surface area (Å²) < 4.78 is 22.3. The van der Waals surface area contributed by atoms with Crippen LogP contribution in [0, 0.1) is 27.7 Å². The summed E-state index contributed by atoms with van der Waals surface area (Å²) in [5.74, 6) is -0.402. The molecule has 0 unspecified atom stereocenters. The first-order valence-corrected chi connectivity index (χ1v) is 33.8. The zero-order valence-corrected chi connectivity index (χ0v) is 57.0. The van der Waals surface area contributed by atoms with Crippen molar-refractivity contribution >= 4 is 80.5 Å². The second-order valence-corrected chi connectivity index (χ2v) is 26.5. The van der Waals surface area contributed by atoms with Crippen LogP contribution in [0.2, 0.25) is 0 Å². The third kappa shape index (κ3) is 15.0. The molecule has 14 rings (SSSR count). The average molecular weight is 1340 g/mol. The van der Waals surface area contributed by atoms with E-state index in [9.17, 15) is 49.2 Å². The van der Waals surface area contributed by atoms with Gasteiger partial charge < -0.3 is 47.9 Å². The number of aryl methyl sites for hydroxylation is 6. The van der Waals surface area contributed by atoms with E-state index in [-0.39, 0.29) is 57.3 Å². The summed E-state index contributed by atoms with van der Waals surface area (Å²) in [6, 6.07) is 7.53. The molecule has 6 N–H and O–H groups in total. The monoisotopic (exact) mass is 1340 g/mol. The van der Waals surface area contributed by atoms with E-state index in [0.29, 0.717) is 68.8 Å². The molecule has 6 aliphatic rings. The molecule has 0 atom stereocenters. The first kappa shape index (κ1) is 69.4. The summed E-state index contributed by atoms with van der Waals surface area (Å²) in [5.41, 5.74) is 16.3. The van der Waals surface area contributed by atoms with Crippen LogP contribution < -0.4 is 33.4 Å². The van der Waals surface area contributed by atoms with Gasteiger partial charge in [-0.1, -0.05) is 0 Å². The lowest BCUT2D eigenvalue weighted by Crippen LogP contribution is -2.31. The Labute approximate surface area is 565 Å². The molecule has 0 radical (unpaired) electrons. The highest BCUT2D eigenvalue weighted by molar-refractivity contribution is 6.04. The molecule has 2 amide bonds. The minimum atomic E-state index is -0.401. The van der Waals surface area contributed by atoms with Gasteiger partial charge in [-0.25, -0.2) is 30.0 Å². The zero-order chi connectivity index (χ0) is 69.6. The maximum atomic E-state index is 12.5. The zero-order valence-electron chi connectivity index (χ0n) is 57.0. The number of carbonyl (C=O) groups is 2. The third-order valence-corrected chi connectivity index (χ3v) is 19.2. The number of carbonyl (C=O) groups excluding carboxylic acids is 2. The number of benzene rings is 4. The predicted molar refractivity (Wildman–Crippen MR) is 378 cm³/mol. The second kappa shape index (κ2) is 30.2. The van der Waals surface area contributed by atoms with E-state index in [1.165, 1.54) is 39.1 Å². The molecule has 4 aromatic carbocycles. The van der Waals surface area contributed by atoms with E-state index in [0.717, 1.165) is 201 Å². The minimum absolute atomic E-state index is 0.00879. The number of phenolic OH excluding ortho intramolecular Hbond substituents is 4. The number of hydrogen-bond acceptors (Lipinski definition) is 22. The Kier molecular flexibility index (Phi) is 21.4. The lowest BCUT2D eigenvalue weighted by molar-refractivity contribution is -0.119. The minimum Gasteiger partial charge on any atom is -0.507 e. The summed E-state index contributed by atoms with van der Waals surface area (Å²) in [5, 5.41) is 65.9. The number of phenols is 4. The van der Waals surface area contributed by atoms with Crippen LogP contribution in [0.4, 0.5) is 0 Å². The number of hydrazone groups is 4. The van der Waals surface area contributed by atoms with Gasteiger partial charge in [0.25, 0.3) is 0 Å². The molecule has 0 saturated carbocycles. The topological polar surface area (TPSA) is 322 Å². The second-order valence-electron chi connectivity index (χ2n) is 26.5. The fourth-order valence-electron chi connectivity index (χ4n) is 14.0. The fourth-order valence-corrected chi connectivity index (χ4v) is 14.0. The molecule has 24 nitrogen and oxygen atoms in total. The fraction of sp³-hybridized carbons (Fsp3) is 0.432. The molecule has 24 heteroatoms. The third-order valence-electron chi connectivity index (χ3n) is 19.2. The molecule has 4 aromatic heterocycles. The highest BCUT2D eigenvalue weighted by Crippen LogP contribution is 2.39. The molecule has 2 aliphatic carbocycles. The van der Waals surface area contributed by atoms with Gasteiger partial charge in [-0.05, 0) is 213 Å². The van der Waals surface area contributed by atoms with E-state index in [4.69, 9.17) is 17.7 Å². The van der Waals surface area contributed by atoms with Crippen LogP contribution in [0.5, 0.6) is 23.0 Å². The molecule has 98 heavy (non-hydrogen) atoms. The molecule has 0 spiro atoms. The molecule has 2 saturated heterocycles. The molecular weight excluding hydrogens is 1250 g/mol. The Hall–Kier alpha value is -9.94. The molecule has 4 aliphatic heterocycles. The summed E-state index contributed by atoms with van der Waals surface area (Å²) in [6.07, 6.45) is 21.8. The SMILES string of the molecule is CC(=O)N/N=C/c1c(O)c(C)cc2c3c(c(=O)oc12)CCCC3.CC(=O)N/N=C/c1c(O)c(C)cc2c3c(c(=O)oc12)CN(C)CC3.Cc1cc2c3c(c(=O)oc2c(/C=N/N2CCCCC2)c1O)CCCC3.Cc1cc2c3c(c(=O)oc2c(/C=N/N2CCCCC2)c1O)CN(C)CC3. The van der Waals surface area contributed by atoms with Gasteiger partial charge in [0.1, 0.15) is 23.0 Å². The Morgan fingerprint density at radius 2 is 0.663 bits per heavy atom.